The van der Waals surface area contributed by atoms with Crippen LogP contribution in [0.2, 0.25) is 0 Å². The lowest BCUT2D eigenvalue weighted by molar-refractivity contribution is -0.155. The van der Waals surface area contributed by atoms with Crippen LogP contribution in [0.1, 0.15) is 89.2 Å². The van der Waals surface area contributed by atoms with Gasteiger partial charge in [0.15, 0.2) is 34.2 Å². The van der Waals surface area contributed by atoms with Crippen LogP contribution < -0.4 is 22.7 Å². The molecule has 111 heavy (non-hydrogen) atoms. The predicted octanol–water partition coefficient (Wildman–Crippen LogP) is 4.33. The number of aliphatic hydroxyl groups excluding tert-OH is 6. The number of likely N-dealkylation sites (N-methyl/N-ethyl adjacent to an activating group) is 3. The quantitative estimate of drug-likeness (QED) is 0.0584. The van der Waals surface area contributed by atoms with Gasteiger partial charge in [-0.3, -0.25) is 57.9 Å². The molecule has 3 fully saturated rings. The number of ketones is 6. The number of phenolic OH excluding ortho intramolecular Hbond substituents is 3. The smallest absolute Gasteiger partial charge is 0.508 e. The summed E-state index contributed by atoms with van der Waals surface area (Å²) < 4.78 is 0.784. The van der Waals surface area contributed by atoms with Gasteiger partial charge in [0.05, 0.1) is 34.8 Å². The van der Waals surface area contributed by atoms with E-state index in [0.29, 0.717) is 35.0 Å². The third-order valence-corrected chi connectivity index (χ3v) is 22.8. The molecule has 0 aliphatic heterocycles. The number of nitrogens with two attached hydrogens (primary N) is 3. The highest BCUT2D eigenvalue weighted by Crippen LogP contribution is 2.57. The van der Waals surface area contributed by atoms with Crippen molar-refractivity contribution in [2.75, 3.05) is 42.3 Å². The fraction of sp³-hybridized carbons (Fsp3) is 0.362. The number of aliphatic hydroxyl groups is 9. The minimum atomic E-state index is -2.64. The lowest BCUT2D eigenvalue weighted by atomic mass is 9.57. The molecule has 0 radical (unpaired) electrons. The van der Waals surface area contributed by atoms with Crippen LogP contribution in [0.25, 0.3) is 28.4 Å². The van der Waals surface area contributed by atoms with Gasteiger partial charge in [0, 0.05) is 38.0 Å². The van der Waals surface area contributed by atoms with E-state index >= 15 is 0 Å². The summed E-state index contributed by atoms with van der Waals surface area (Å²) in [7, 11) is 8.05. The largest absolute Gasteiger partial charge is 1.00 e. The molecule has 0 saturated heterocycles. The number of primary amides is 3. The maximum atomic E-state index is 13.8. The number of carbonyl (C=O) groups excluding carboxylic acids is 9. The third kappa shape index (κ3) is 14.1. The van der Waals surface area contributed by atoms with E-state index in [2.05, 4.69) is 22.6 Å². The Hall–Kier alpha value is -10.4. The zero-order valence-corrected chi connectivity index (χ0v) is 63.9. The fourth-order valence-corrected chi connectivity index (χ4v) is 17.8. The lowest BCUT2D eigenvalue weighted by Crippen LogP contribution is -2.65. The van der Waals surface area contributed by atoms with Crippen LogP contribution >= 0.6 is 22.6 Å². The van der Waals surface area contributed by atoms with Gasteiger partial charge in [-0.15, -0.1) is 0 Å². The number of phenols is 3. The molecule has 0 aromatic heterocycles. The molecule has 5 aromatic rings. The molecular weight excluding hydrogens is 1550 g/mol. The van der Waals surface area contributed by atoms with Crippen LogP contribution in [-0.4, -0.2) is 223 Å². The number of halogens is 1. The van der Waals surface area contributed by atoms with E-state index in [9.17, 15) is 104 Å². The number of rotatable bonds is 8. The topological polar surface area (TPSA) is 525 Å². The monoisotopic (exact) mass is 1640 g/mol. The first-order valence-electron chi connectivity index (χ1n) is 35.3. The molecule has 20 N–H and O–H groups in total. The zero-order valence-electron chi connectivity index (χ0n) is 62.7. The first kappa shape index (κ1) is 86.2. The van der Waals surface area contributed by atoms with Crippen LogP contribution in [0.4, 0.5) is 0 Å². The van der Waals surface area contributed by atoms with Gasteiger partial charge in [-0.1, -0.05) is 114 Å². The summed E-state index contributed by atoms with van der Waals surface area (Å²) in [5.41, 5.74) is 9.44. The molecule has 12 atom stereocenters. The number of fused-ring (bicyclic) bond motifs is 9. The van der Waals surface area contributed by atoms with Crippen molar-refractivity contribution in [3.63, 3.8) is 0 Å². The molecule has 14 rings (SSSR count). The van der Waals surface area contributed by atoms with Gasteiger partial charge in [-0.25, -0.2) is 0 Å². The van der Waals surface area contributed by atoms with Crippen LogP contribution in [-0.2, 0) is 62.4 Å². The van der Waals surface area contributed by atoms with Gasteiger partial charge in [0.1, 0.15) is 68.5 Å². The van der Waals surface area contributed by atoms with E-state index < -0.39 is 181 Å². The number of hydrogen-bond acceptors (Lipinski definition) is 26. The standard InChI is InChI=1S/C27H26N2O7.C21H21IN2O7.C21H22N2O7.C6H7BO2.2C2H6.CH4/c1-29(2)21-16-11-13-10-15-14(12-6-4-3-5-7-12)8-9-17(30)19(15)22(31)18(13)24(33)27(16,36)25(34)20(23(21)32)26(28)35;1-24(2)15-9-6-7-5-8-10(22)3-4-11(25)13(8)16(26)12(7)18(28)21(9,31)19(29)14(17(15)27)20(23)30;1-23(2)15-10-7-9-6-8-4-3-5-11(24)12(8)16(25)13(9)18(27)21(10,30)19(28)14(17(15)26)20(22)29;8-7(9)6-4-2-1-3-5-6;2*1-2;/h3-9,13,16,21,30-31,34,36H,10-11H2,1-2H3,(H2,28,35);3-4,7,9,15,25-26,29,31H,5-6H2,1-2H3,(H2,23,30);3-5,9-10,15,24-25,28,30H,6-7H2,1-2H3,(H2,22,29);1-5,8-9H;2*1-2H3;1H4/p+1/t13?,16?,21-,27-;7?,9?,15-,21-;9?,10?,15-,21-;;;;/m000..../s1. The predicted molar refractivity (Wildman–Crippen MR) is 418 cm³/mol. The summed E-state index contributed by atoms with van der Waals surface area (Å²) in [6, 6.07) is 25.7. The second-order valence-electron chi connectivity index (χ2n) is 28.3. The Morgan fingerprint density at radius 1 is 0.441 bits per heavy atom. The van der Waals surface area contributed by atoms with E-state index in [1.807, 2.05) is 64.1 Å². The van der Waals surface area contributed by atoms with Gasteiger partial charge in [-0.05, 0) is 179 Å². The second kappa shape index (κ2) is 32.9. The van der Waals surface area contributed by atoms with Crippen LogP contribution in [0.15, 0.2) is 154 Å². The average Bonchev–Trinajstić information content (AvgIpc) is 0.713. The van der Waals surface area contributed by atoms with Crippen LogP contribution in [0.3, 0.4) is 0 Å². The normalized spacial score (nSPS) is 26.6. The second-order valence-corrected chi connectivity index (χ2v) is 29.4. The molecule has 590 valence electrons. The third-order valence-electron chi connectivity index (χ3n) is 21.8. The van der Waals surface area contributed by atoms with Crippen molar-refractivity contribution in [2.45, 2.75) is 109 Å². The minimum absolute atomic E-state index is 0. The number of aromatic hydroxyl groups is 3. The molecule has 9 aliphatic carbocycles. The van der Waals surface area contributed by atoms with Crippen molar-refractivity contribution in [2.24, 2.45) is 52.7 Å². The summed E-state index contributed by atoms with van der Waals surface area (Å²) in [4.78, 5) is 120. The number of benzene rings is 5. The van der Waals surface area contributed by atoms with E-state index in [0.717, 1.165) is 14.7 Å². The molecule has 0 heterocycles. The maximum Gasteiger partial charge on any atom is 1.00 e. The van der Waals surface area contributed by atoms with Gasteiger partial charge in [0.2, 0.25) is 17.3 Å². The SMILES string of the molecule is C.CC.CC.CN(C)[C@@H]1C(=O)C(C(N)=O)=C(O)[C@@]2(O)C(=O)C3=C(O)c4c(O)ccc(-c5ccccc5)c4CC3CC12.CN(C)[C@@H]1C(=O)C(C(N)=O)=C(O)[C@@]2(O)C(=O)C3=C(O)c4c(O)ccc(I)c4CC3CC12.CN(C)[C@@H]1C(=O)C(C(N)=O)=C(O)[C@@]2(O)C(=O)C3=C(O)c4c(O)cccc4CC3CC12.OB(O)c1ccccc1.[H+]. The molecule has 3 saturated carbocycles. The van der Waals surface area contributed by atoms with Gasteiger partial charge < -0.3 is 88.5 Å². The Labute approximate surface area is 654 Å². The zero-order chi connectivity index (χ0) is 81.9. The molecule has 29 nitrogen and oxygen atoms in total. The molecule has 0 bridgehead atoms. The molecule has 9 aliphatic rings. The van der Waals surface area contributed by atoms with E-state index in [-0.39, 0.29) is 85.2 Å². The number of nitrogens with zero attached hydrogens (tertiary/aromatic N) is 3. The van der Waals surface area contributed by atoms with Gasteiger partial charge >= 0.3 is 8.55 Å². The Morgan fingerprint density at radius 2 is 0.766 bits per heavy atom. The first-order chi connectivity index (χ1) is 51.7. The Kier molecular flexibility index (Phi) is 25.6. The number of Topliss-reactive ketones (excluding diaryl/α,β-unsaturated/α-hetero) is 6. The van der Waals surface area contributed by atoms with Crippen molar-refractivity contribution in [3.05, 3.63) is 191 Å². The highest BCUT2D eigenvalue weighted by Gasteiger charge is 2.68. The molecule has 5 aromatic carbocycles. The number of hydrogen-bond donors (Lipinski definition) is 17. The highest BCUT2D eigenvalue weighted by atomic mass is 127. The van der Waals surface area contributed by atoms with Crippen LogP contribution in [0.5, 0.6) is 17.2 Å². The molecular formula is C80H93BIN6O23+. The van der Waals surface area contributed by atoms with Crippen molar-refractivity contribution >= 4 is 105 Å². The Morgan fingerprint density at radius 3 is 1.12 bits per heavy atom. The van der Waals surface area contributed by atoms with Crippen LogP contribution in [0, 0.1) is 39.1 Å². The summed E-state index contributed by atoms with van der Waals surface area (Å²) in [5.74, 6) is -19.5. The Balaban J connectivity index is 0.000000214. The minimum Gasteiger partial charge on any atom is -0.508 e. The molecule has 0 spiro atoms. The Bertz CT molecular complexity index is 4880. The average molecular weight is 1640 g/mol. The first-order valence-corrected chi connectivity index (χ1v) is 36.4. The maximum absolute atomic E-state index is 13.8. The summed E-state index contributed by atoms with van der Waals surface area (Å²) >= 11 is 2.07. The van der Waals surface area contributed by atoms with Crippen molar-refractivity contribution in [1.29, 1.82) is 0 Å². The van der Waals surface area contributed by atoms with E-state index in [1.165, 1.54) is 32.9 Å². The number of carbonyl (C=O) groups is 9. The highest BCUT2D eigenvalue weighted by molar-refractivity contribution is 14.1. The molecule has 6 unspecified atom stereocenters. The van der Waals surface area contributed by atoms with Crippen molar-refractivity contribution in [3.8, 4) is 28.4 Å². The summed E-state index contributed by atoms with van der Waals surface area (Å²) in [6.07, 6.45) is 1.05. The van der Waals surface area contributed by atoms with Gasteiger partial charge in [0.25, 0.3) is 17.7 Å². The van der Waals surface area contributed by atoms with Gasteiger partial charge in [-0.2, -0.15) is 0 Å². The van der Waals surface area contributed by atoms with Crippen molar-refractivity contribution < 1.29 is 116 Å². The summed E-state index contributed by atoms with van der Waals surface area (Å²) in [5, 5.41) is 148. The van der Waals surface area contributed by atoms with E-state index in [1.54, 1.807) is 90.8 Å². The van der Waals surface area contributed by atoms with E-state index in [4.69, 9.17) is 27.2 Å². The molecule has 31 heteroatoms. The summed E-state index contributed by atoms with van der Waals surface area (Å²) in [6.45, 7) is 8.00. The lowest BCUT2D eigenvalue weighted by Gasteiger charge is -2.50. The fourth-order valence-electron chi connectivity index (χ4n) is 17.1. The molecule has 3 amide bonds. The van der Waals surface area contributed by atoms with Crippen molar-refractivity contribution in [1.82, 2.24) is 14.7 Å². The number of amides is 3.